The molecule has 0 saturated heterocycles. The third kappa shape index (κ3) is 7.59. The predicted octanol–water partition coefficient (Wildman–Crippen LogP) is 2.21. The summed E-state index contributed by atoms with van der Waals surface area (Å²) in [5, 5.41) is 10.3. The van der Waals surface area contributed by atoms with Crippen LogP contribution in [0.5, 0.6) is 34.5 Å². The summed E-state index contributed by atoms with van der Waals surface area (Å²) >= 11 is 0. The summed E-state index contributed by atoms with van der Waals surface area (Å²) < 4.78 is 32.3. The molecule has 0 spiro atoms. The number of hydrogen-bond acceptors (Lipinski definition) is 9. The molecule has 0 fully saturated rings. The normalized spacial score (nSPS) is 10.6. The second kappa shape index (κ2) is 14.3. The lowest BCUT2D eigenvalue weighted by molar-refractivity contribution is 0.347. The molecular formula is C24H37N3O6. The minimum absolute atomic E-state index is 0.651. The highest BCUT2D eigenvalue weighted by molar-refractivity contribution is 5.51. The SMILES string of the molecule is COc1cc(OC)c(OC)cc1CNCCNCCNCc1cc(OC)c(OC)cc1OC. The van der Waals surface area contributed by atoms with Gasteiger partial charge in [0.05, 0.1) is 42.7 Å². The van der Waals surface area contributed by atoms with E-state index < -0.39 is 0 Å². The maximum absolute atomic E-state index is 5.47. The zero-order valence-electron chi connectivity index (χ0n) is 20.5. The highest BCUT2D eigenvalue weighted by Gasteiger charge is 2.12. The molecule has 0 aliphatic rings. The van der Waals surface area contributed by atoms with Crippen molar-refractivity contribution in [2.24, 2.45) is 0 Å². The van der Waals surface area contributed by atoms with E-state index in [2.05, 4.69) is 16.0 Å². The Morgan fingerprint density at radius 2 is 0.727 bits per heavy atom. The maximum atomic E-state index is 5.47. The van der Waals surface area contributed by atoms with Crippen LogP contribution in [0.1, 0.15) is 11.1 Å². The molecule has 0 saturated carbocycles. The van der Waals surface area contributed by atoms with Gasteiger partial charge >= 0.3 is 0 Å². The molecule has 2 aromatic rings. The van der Waals surface area contributed by atoms with E-state index in [4.69, 9.17) is 28.4 Å². The topological polar surface area (TPSA) is 91.5 Å². The van der Waals surface area contributed by atoms with Crippen LogP contribution < -0.4 is 44.4 Å². The van der Waals surface area contributed by atoms with Crippen molar-refractivity contribution < 1.29 is 28.4 Å². The van der Waals surface area contributed by atoms with E-state index in [1.54, 1.807) is 42.7 Å². The van der Waals surface area contributed by atoms with Crippen molar-refractivity contribution in [3.63, 3.8) is 0 Å². The predicted molar refractivity (Wildman–Crippen MR) is 128 cm³/mol. The van der Waals surface area contributed by atoms with Crippen LogP contribution in [0.2, 0.25) is 0 Å². The molecule has 3 N–H and O–H groups in total. The van der Waals surface area contributed by atoms with Crippen LogP contribution in [0.3, 0.4) is 0 Å². The van der Waals surface area contributed by atoms with Gasteiger partial charge in [0.2, 0.25) is 0 Å². The van der Waals surface area contributed by atoms with Gasteiger partial charge < -0.3 is 44.4 Å². The smallest absolute Gasteiger partial charge is 0.164 e. The van der Waals surface area contributed by atoms with Gasteiger partial charge in [0.1, 0.15) is 11.5 Å². The lowest BCUT2D eigenvalue weighted by Gasteiger charge is -2.15. The molecule has 0 amide bonds. The fourth-order valence-electron chi connectivity index (χ4n) is 3.39. The minimum Gasteiger partial charge on any atom is -0.496 e. The van der Waals surface area contributed by atoms with Crippen molar-refractivity contribution in [1.29, 1.82) is 0 Å². The van der Waals surface area contributed by atoms with Crippen molar-refractivity contribution in [2.45, 2.75) is 13.1 Å². The average Bonchev–Trinajstić information content (AvgIpc) is 2.86. The van der Waals surface area contributed by atoms with Gasteiger partial charge in [-0.2, -0.15) is 0 Å². The van der Waals surface area contributed by atoms with Crippen molar-refractivity contribution in [3.05, 3.63) is 35.4 Å². The van der Waals surface area contributed by atoms with Crippen LogP contribution in [-0.2, 0) is 13.1 Å². The van der Waals surface area contributed by atoms with Gasteiger partial charge in [-0.25, -0.2) is 0 Å². The third-order valence-electron chi connectivity index (χ3n) is 5.16. The lowest BCUT2D eigenvalue weighted by atomic mass is 10.1. The Balaban J connectivity index is 1.69. The highest BCUT2D eigenvalue weighted by Crippen LogP contribution is 2.35. The molecule has 9 heteroatoms. The van der Waals surface area contributed by atoms with Gasteiger partial charge in [0.25, 0.3) is 0 Å². The Bertz CT molecular complexity index is 793. The van der Waals surface area contributed by atoms with Gasteiger partial charge in [-0.1, -0.05) is 0 Å². The second-order valence-corrected chi connectivity index (χ2v) is 7.14. The van der Waals surface area contributed by atoms with E-state index in [9.17, 15) is 0 Å². The average molecular weight is 464 g/mol. The molecule has 0 aliphatic carbocycles. The molecule has 2 aromatic carbocycles. The largest absolute Gasteiger partial charge is 0.496 e. The molecule has 0 heterocycles. The van der Waals surface area contributed by atoms with Crippen molar-refractivity contribution in [1.82, 2.24) is 16.0 Å². The molecule has 0 aromatic heterocycles. The first kappa shape index (κ1) is 26.4. The first-order valence-electron chi connectivity index (χ1n) is 10.8. The van der Waals surface area contributed by atoms with E-state index in [1.165, 1.54) is 0 Å². The molecule has 0 bridgehead atoms. The molecule has 9 nitrogen and oxygen atoms in total. The highest BCUT2D eigenvalue weighted by atomic mass is 16.5. The summed E-state index contributed by atoms with van der Waals surface area (Å²) in [5.74, 6) is 4.21. The Labute approximate surface area is 196 Å². The zero-order chi connectivity index (χ0) is 24.1. The summed E-state index contributed by atoms with van der Waals surface area (Å²) in [7, 11) is 9.77. The Kier molecular flexibility index (Phi) is 11.4. The van der Waals surface area contributed by atoms with Gasteiger partial charge in [0, 0.05) is 62.5 Å². The van der Waals surface area contributed by atoms with E-state index in [0.717, 1.165) is 48.8 Å². The Morgan fingerprint density at radius 3 is 1.06 bits per heavy atom. The van der Waals surface area contributed by atoms with Crippen LogP contribution in [0.15, 0.2) is 24.3 Å². The van der Waals surface area contributed by atoms with Gasteiger partial charge in [-0.05, 0) is 12.1 Å². The first-order chi connectivity index (χ1) is 16.1. The monoisotopic (exact) mass is 463 g/mol. The first-order valence-corrected chi connectivity index (χ1v) is 10.8. The molecule has 33 heavy (non-hydrogen) atoms. The third-order valence-corrected chi connectivity index (χ3v) is 5.16. The fourth-order valence-corrected chi connectivity index (χ4v) is 3.39. The number of hydrogen-bond donors (Lipinski definition) is 3. The number of ether oxygens (including phenoxy) is 6. The van der Waals surface area contributed by atoms with Crippen molar-refractivity contribution >= 4 is 0 Å². The lowest BCUT2D eigenvalue weighted by Crippen LogP contribution is -2.32. The molecule has 0 atom stereocenters. The number of methoxy groups -OCH3 is 6. The minimum atomic E-state index is 0.651. The van der Waals surface area contributed by atoms with Gasteiger partial charge in [0.15, 0.2) is 23.0 Å². The quantitative estimate of drug-likeness (QED) is 0.324. The Morgan fingerprint density at radius 1 is 0.424 bits per heavy atom. The molecule has 184 valence electrons. The zero-order valence-corrected chi connectivity index (χ0v) is 20.5. The van der Waals surface area contributed by atoms with Gasteiger partial charge in [-0.3, -0.25) is 0 Å². The summed E-state index contributed by atoms with van der Waals surface area (Å²) in [6.45, 7) is 4.67. The van der Waals surface area contributed by atoms with Crippen LogP contribution in [0.4, 0.5) is 0 Å². The fraction of sp³-hybridized carbons (Fsp3) is 0.500. The molecule has 0 unspecified atom stereocenters. The van der Waals surface area contributed by atoms with Crippen LogP contribution in [0.25, 0.3) is 0 Å². The van der Waals surface area contributed by atoms with Gasteiger partial charge in [-0.15, -0.1) is 0 Å². The number of benzene rings is 2. The molecular weight excluding hydrogens is 426 g/mol. The van der Waals surface area contributed by atoms with E-state index >= 15 is 0 Å². The van der Waals surface area contributed by atoms with Crippen LogP contribution >= 0.6 is 0 Å². The molecule has 0 radical (unpaired) electrons. The molecule has 2 rings (SSSR count). The molecule has 0 aliphatic heterocycles. The van der Waals surface area contributed by atoms with Crippen LogP contribution in [-0.4, -0.2) is 68.8 Å². The van der Waals surface area contributed by atoms with E-state index in [0.29, 0.717) is 36.1 Å². The number of nitrogens with one attached hydrogen (secondary N) is 3. The Hall–Kier alpha value is -2.88. The summed E-state index contributed by atoms with van der Waals surface area (Å²) in [6.07, 6.45) is 0. The van der Waals surface area contributed by atoms with E-state index in [-0.39, 0.29) is 0 Å². The second-order valence-electron chi connectivity index (χ2n) is 7.14. The van der Waals surface area contributed by atoms with Crippen molar-refractivity contribution in [3.8, 4) is 34.5 Å². The summed E-state index contributed by atoms with van der Waals surface area (Å²) in [4.78, 5) is 0. The summed E-state index contributed by atoms with van der Waals surface area (Å²) in [5.41, 5.74) is 2.03. The van der Waals surface area contributed by atoms with Crippen LogP contribution in [0, 0.1) is 0 Å². The van der Waals surface area contributed by atoms with E-state index in [1.807, 2.05) is 24.3 Å². The van der Waals surface area contributed by atoms with Crippen molar-refractivity contribution in [2.75, 3.05) is 68.8 Å². The number of rotatable bonds is 16. The standard InChI is InChI=1S/C24H37N3O6/c1-28-19-13-23(32-5)21(30-3)11-17(19)15-26-9-7-25-8-10-27-16-18-12-22(31-4)24(33-6)14-20(18)29-2/h11-14,25-27H,7-10,15-16H2,1-6H3. The maximum Gasteiger partial charge on any atom is 0.164 e. The summed E-state index contributed by atoms with van der Waals surface area (Å²) in [6, 6.07) is 7.55.